The average molecular weight is 472 g/mol. The van der Waals surface area contributed by atoms with E-state index in [1.54, 1.807) is 4.90 Å². The Balaban J connectivity index is 1.42. The van der Waals surface area contributed by atoms with Crippen LogP contribution in [0.15, 0.2) is 65.8 Å². The first-order chi connectivity index (χ1) is 14.6. The molecule has 1 saturated heterocycles. The lowest BCUT2D eigenvalue weighted by Crippen LogP contribution is -2.49. The van der Waals surface area contributed by atoms with Crippen LogP contribution >= 0.6 is 15.9 Å². The molecular formula is C22H22BrN3O4. The number of halogens is 1. The van der Waals surface area contributed by atoms with Gasteiger partial charge < -0.3 is 19.8 Å². The fraction of sp³-hybridized carbons (Fsp3) is 0.318. The second-order valence-electron chi connectivity index (χ2n) is 7.36. The van der Waals surface area contributed by atoms with Gasteiger partial charge in [-0.25, -0.2) is 4.79 Å². The molecule has 0 aliphatic carbocycles. The first-order valence-corrected chi connectivity index (χ1v) is 10.6. The highest BCUT2D eigenvalue weighted by Gasteiger charge is 2.44. The van der Waals surface area contributed by atoms with E-state index in [0.717, 1.165) is 15.7 Å². The van der Waals surface area contributed by atoms with Gasteiger partial charge in [0.25, 0.3) is 0 Å². The molecule has 0 radical (unpaired) electrons. The van der Waals surface area contributed by atoms with Crippen molar-refractivity contribution in [1.29, 1.82) is 0 Å². The minimum absolute atomic E-state index is 0.0383. The molecule has 8 heteroatoms. The van der Waals surface area contributed by atoms with Crippen LogP contribution < -0.4 is 5.32 Å². The zero-order valence-corrected chi connectivity index (χ0v) is 17.8. The summed E-state index contributed by atoms with van der Waals surface area (Å²) in [4.78, 5) is 32.8. The molecule has 30 heavy (non-hydrogen) atoms. The number of nitrogens with zero attached hydrogens (tertiary/aromatic N) is 2. The largest absolute Gasteiger partial charge is 0.445 e. The van der Waals surface area contributed by atoms with Gasteiger partial charge in [0.05, 0.1) is 12.5 Å². The highest BCUT2D eigenvalue weighted by atomic mass is 79.9. The van der Waals surface area contributed by atoms with Gasteiger partial charge in [0.2, 0.25) is 5.91 Å². The lowest BCUT2D eigenvalue weighted by Gasteiger charge is -2.24. The van der Waals surface area contributed by atoms with Crippen molar-refractivity contribution < 1.29 is 19.2 Å². The standard InChI is InChI=1S/C22H22BrN3O4/c23-20-17-12-26(13-19(17)30-25-20)21(27)18(11-15-7-3-1-4-8-15)24-22(28)29-14-16-9-5-2-6-10-16/h1-10,17-19H,11-14H2,(H,24,28)/t17?,18-,19?/m0/s1. The lowest BCUT2D eigenvalue weighted by molar-refractivity contribution is -0.132. The number of oxime groups is 1. The SMILES string of the molecule is O=C(N[C@@H](Cc1ccccc1)C(=O)N1CC2ON=C(Br)C2C1)OCc1ccccc1. The van der Waals surface area contributed by atoms with E-state index in [-0.39, 0.29) is 24.5 Å². The number of nitrogens with one attached hydrogen (secondary N) is 1. The summed E-state index contributed by atoms with van der Waals surface area (Å²) in [7, 11) is 0. The minimum atomic E-state index is -0.731. The van der Waals surface area contributed by atoms with Gasteiger partial charge >= 0.3 is 6.09 Å². The predicted molar refractivity (Wildman–Crippen MR) is 115 cm³/mol. The predicted octanol–water partition coefficient (Wildman–Crippen LogP) is 3.09. The van der Waals surface area contributed by atoms with Crippen LogP contribution in [0.3, 0.4) is 0 Å². The van der Waals surface area contributed by atoms with Crippen LogP contribution in [0.5, 0.6) is 0 Å². The summed E-state index contributed by atoms with van der Waals surface area (Å²) >= 11 is 3.39. The molecule has 156 valence electrons. The number of ether oxygens (including phenoxy) is 1. The Labute approximate surface area is 183 Å². The Morgan fingerprint density at radius 2 is 1.77 bits per heavy atom. The number of hydrogen-bond donors (Lipinski definition) is 1. The Bertz CT molecular complexity index is 922. The molecule has 2 aliphatic heterocycles. The Kier molecular flexibility index (Phi) is 6.32. The summed E-state index contributed by atoms with van der Waals surface area (Å²) in [6, 6.07) is 18.3. The Morgan fingerprint density at radius 3 is 2.43 bits per heavy atom. The highest BCUT2D eigenvalue weighted by molar-refractivity contribution is 9.18. The molecule has 3 atom stereocenters. The molecule has 2 aromatic rings. The number of likely N-dealkylation sites (tertiary alicyclic amines) is 1. The van der Waals surface area contributed by atoms with E-state index in [0.29, 0.717) is 19.5 Å². The molecule has 2 amide bonds. The van der Waals surface area contributed by atoms with Gasteiger partial charge in [0.15, 0.2) is 6.10 Å². The third kappa shape index (κ3) is 4.81. The fourth-order valence-electron chi connectivity index (χ4n) is 3.65. The molecule has 4 rings (SSSR count). The van der Waals surface area contributed by atoms with Gasteiger partial charge in [0, 0.05) is 13.0 Å². The monoisotopic (exact) mass is 471 g/mol. The van der Waals surface area contributed by atoms with Crippen molar-refractivity contribution >= 4 is 32.6 Å². The van der Waals surface area contributed by atoms with E-state index in [4.69, 9.17) is 9.57 Å². The second kappa shape index (κ2) is 9.30. The van der Waals surface area contributed by atoms with Crippen molar-refractivity contribution in [3.8, 4) is 0 Å². The maximum Gasteiger partial charge on any atom is 0.408 e. The number of hydrogen-bond acceptors (Lipinski definition) is 5. The van der Waals surface area contributed by atoms with Gasteiger partial charge in [-0.3, -0.25) is 4.79 Å². The summed E-state index contributed by atoms with van der Waals surface area (Å²) in [5.74, 6) is -0.120. The summed E-state index contributed by atoms with van der Waals surface area (Å²) < 4.78 is 6.05. The molecule has 0 bridgehead atoms. The molecule has 1 N–H and O–H groups in total. The number of fused-ring (bicyclic) bond motifs is 1. The van der Waals surface area contributed by atoms with Crippen LogP contribution in [-0.4, -0.2) is 46.8 Å². The topological polar surface area (TPSA) is 80.2 Å². The van der Waals surface area contributed by atoms with E-state index in [1.807, 2.05) is 60.7 Å². The number of carbonyl (C=O) groups excluding carboxylic acids is 2. The molecule has 0 aromatic heterocycles. The first-order valence-electron chi connectivity index (χ1n) is 9.79. The number of carbonyl (C=O) groups is 2. The maximum absolute atomic E-state index is 13.2. The van der Waals surface area contributed by atoms with E-state index >= 15 is 0 Å². The number of benzene rings is 2. The summed E-state index contributed by atoms with van der Waals surface area (Å²) in [6.45, 7) is 1.08. The fourth-order valence-corrected chi connectivity index (χ4v) is 4.18. The molecule has 2 aromatic carbocycles. The van der Waals surface area contributed by atoms with Crippen LogP contribution in [0.4, 0.5) is 4.79 Å². The van der Waals surface area contributed by atoms with Crippen LogP contribution in [0.25, 0.3) is 0 Å². The number of alkyl carbamates (subject to hydrolysis) is 1. The van der Waals surface area contributed by atoms with E-state index < -0.39 is 12.1 Å². The summed E-state index contributed by atoms with van der Waals surface area (Å²) in [6.07, 6.45) is -0.389. The summed E-state index contributed by atoms with van der Waals surface area (Å²) in [5, 5.41) is 6.69. The molecule has 0 saturated carbocycles. The van der Waals surface area contributed by atoms with Gasteiger partial charge in [-0.2, -0.15) is 0 Å². The zero-order valence-electron chi connectivity index (χ0n) is 16.2. The van der Waals surface area contributed by atoms with Crippen LogP contribution in [0.1, 0.15) is 11.1 Å². The molecular weight excluding hydrogens is 450 g/mol. The molecule has 2 unspecified atom stereocenters. The lowest BCUT2D eigenvalue weighted by atomic mass is 10.0. The Hall–Kier alpha value is -2.87. The smallest absolute Gasteiger partial charge is 0.408 e. The van der Waals surface area contributed by atoms with Crippen molar-refractivity contribution in [3.05, 3.63) is 71.8 Å². The third-order valence-corrected chi connectivity index (χ3v) is 5.98. The van der Waals surface area contributed by atoms with Crippen molar-refractivity contribution in [3.63, 3.8) is 0 Å². The second-order valence-corrected chi connectivity index (χ2v) is 8.17. The molecule has 0 spiro atoms. The summed E-state index contributed by atoms with van der Waals surface area (Å²) in [5.41, 5.74) is 1.84. The quantitative estimate of drug-likeness (QED) is 0.701. The maximum atomic E-state index is 13.2. The highest BCUT2D eigenvalue weighted by Crippen LogP contribution is 2.30. The van der Waals surface area contributed by atoms with Crippen molar-refractivity contribution in [2.24, 2.45) is 11.1 Å². The van der Waals surface area contributed by atoms with E-state index in [2.05, 4.69) is 26.4 Å². The minimum Gasteiger partial charge on any atom is -0.445 e. The van der Waals surface area contributed by atoms with E-state index in [1.165, 1.54) is 0 Å². The number of amides is 2. The van der Waals surface area contributed by atoms with Crippen LogP contribution in [-0.2, 0) is 27.4 Å². The first kappa shape index (κ1) is 20.4. The van der Waals surface area contributed by atoms with Crippen molar-refractivity contribution in [1.82, 2.24) is 10.2 Å². The van der Waals surface area contributed by atoms with Crippen molar-refractivity contribution in [2.75, 3.05) is 13.1 Å². The van der Waals surface area contributed by atoms with Gasteiger partial charge in [-0.05, 0) is 27.1 Å². The van der Waals surface area contributed by atoms with Crippen molar-refractivity contribution in [2.45, 2.75) is 25.2 Å². The average Bonchev–Trinajstić information content (AvgIpc) is 3.35. The normalized spacial score (nSPS) is 20.7. The molecule has 1 fully saturated rings. The Morgan fingerprint density at radius 1 is 1.10 bits per heavy atom. The third-order valence-electron chi connectivity index (χ3n) is 5.24. The molecule has 2 heterocycles. The van der Waals surface area contributed by atoms with Crippen LogP contribution in [0, 0.1) is 5.92 Å². The van der Waals surface area contributed by atoms with Gasteiger partial charge in [-0.1, -0.05) is 65.8 Å². The van der Waals surface area contributed by atoms with E-state index in [9.17, 15) is 9.59 Å². The van der Waals surface area contributed by atoms with Gasteiger partial charge in [0.1, 0.15) is 17.3 Å². The van der Waals surface area contributed by atoms with Crippen LogP contribution in [0.2, 0.25) is 0 Å². The number of rotatable bonds is 6. The molecule has 2 aliphatic rings. The zero-order chi connectivity index (χ0) is 20.9. The van der Waals surface area contributed by atoms with Gasteiger partial charge in [-0.15, -0.1) is 0 Å². The molecule has 7 nitrogen and oxygen atoms in total.